The number of nitrogens with one attached hydrogen (secondary N) is 1. The minimum absolute atomic E-state index is 0.765. The summed E-state index contributed by atoms with van der Waals surface area (Å²) in [4.78, 5) is 4.50. The van der Waals surface area contributed by atoms with Crippen molar-refractivity contribution in [1.29, 1.82) is 0 Å². The third kappa shape index (κ3) is 3.34. The smallest absolute Gasteiger partial charge is 0.173 e. The zero-order valence-electron chi connectivity index (χ0n) is 10.7. The minimum Gasteiger partial charge on any atom is -0.346 e. The Morgan fingerprint density at radius 3 is 2.56 bits per heavy atom. The van der Waals surface area contributed by atoms with E-state index in [9.17, 15) is 0 Å². The Kier molecular flexibility index (Phi) is 4.43. The summed E-state index contributed by atoms with van der Waals surface area (Å²) in [5.41, 5.74) is 2.03. The van der Waals surface area contributed by atoms with Gasteiger partial charge in [0.15, 0.2) is 5.11 Å². The van der Waals surface area contributed by atoms with Crippen LogP contribution in [0, 0.1) is 6.92 Å². The minimum atomic E-state index is 0.765. The fraction of sp³-hybridized carbons (Fsp3) is 0.462. The molecular formula is C13H18ClN3S. The van der Waals surface area contributed by atoms with E-state index in [4.69, 9.17) is 23.8 Å². The van der Waals surface area contributed by atoms with Gasteiger partial charge in [-0.15, -0.1) is 0 Å². The molecule has 0 aromatic heterocycles. The van der Waals surface area contributed by atoms with Crippen LogP contribution in [0.4, 0.5) is 5.69 Å². The van der Waals surface area contributed by atoms with Crippen LogP contribution in [0.3, 0.4) is 0 Å². The number of aryl methyl sites for hydroxylation is 1. The first-order valence-electron chi connectivity index (χ1n) is 6.07. The van der Waals surface area contributed by atoms with E-state index in [1.54, 1.807) is 0 Å². The normalized spacial score (nSPS) is 16.7. The Balaban J connectivity index is 1.96. The Morgan fingerprint density at radius 1 is 1.28 bits per heavy atom. The van der Waals surface area contributed by atoms with Crippen LogP contribution in [0.1, 0.15) is 5.56 Å². The lowest BCUT2D eigenvalue weighted by Gasteiger charge is -2.34. The van der Waals surface area contributed by atoms with Crippen molar-refractivity contribution in [3.63, 3.8) is 0 Å². The first kappa shape index (κ1) is 13.6. The number of hydrogen-bond donors (Lipinski definition) is 1. The molecule has 3 nitrogen and oxygen atoms in total. The molecule has 98 valence electrons. The number of benzene rings is 1. The number of nitrogens with zero attached hydrogens (tertiary/aromatic N) is 2. The first-order valence-corrected chi connectivity index (χ1v) is 6.85. The highest BCUT2D eigenvalue weighted by Gasteiger charge is 2.16. The summed E-state index contributed by atoms with van der Waals surface area (Å²) >= 11 is 11.5. The molecule has 0 unspecified atom stereocenters. The molecule has 1 aromatic rings. The van der Waals surface area contributed by atoms with E-state index < -0.39 is 0 Å². The molecule has 1 saturated heterocycles. The maximum Gasteiger partial charge on any atom is 0.173 e. The molecule has 0 saturated carbocycles. The number of piperazine rings is 1. The van der Waals surface area contributed by atoms with E-state index >= 15 is 0 Å². The standard InChI is InChI=1S/C13H18ClN3S/c1-10-3-4-11(9-12(10)14)15-13(18)17-7-5-16(2)6-8-17/h3-4,9H,5-8H2,1-2H3,(H,15,18). The van der Waals surface area contributed by atoms with E-state index in [-0.39, 0.29) is 0 Å². The molecule has 1 N–H and O–H groups in total. The molecule has 0 radical (unpaired) electrons. The molecule has 5 heteroatoms. The monoisotopic (exact) mass is 283 g/mol. The van der Waals surface area contributed by atoms with Crippen molar-refractivity contribution in [3.8, 4) is 0 Å². The van der Waals surface area contributed by atoms with Gasteiger partial charge in [-0.2, -0.15) is 0 Å². The van der Waals surface area contributed by atoms with Crippen LogP contribution in [0.15, 0.2) is 18.2 Å². The molecule has 2 rings (SSSR count). The van der Waals surface area contributed by atoms with E-state index in [2.05, 4.69) is 22.2 Å². The number of thiocarbonyl (C=S) groups is 1. The van der Waals surface area contributed by atoms with Crippen molar-refractivity contribution in [2.45, 2.75) is 6.92 Å². The van der Waals surface area contributed by atoms with Crippen molar-refractivity contribution < 1.29 is 0 Å². The SMILES string of the molecule is Cc1ccc(NC(=S)N2CCN(C)CC2)cc1Cl. The highest BCUT2D eigenvalue weighted by Crippen LogP contribution is 2.20. The van der Waals surface area contributed by atoms with Gasteiger partial charge in [-0.25, -0.2) is 0 Å². The average molecular weight is 284 g/mol. The predicted octanol–water partition coefficient (Wildman–Crippen LogP) is 2.59. The van der Waals surface area contributed by atoms with E-state index in [0.29, 0.717) is 0 Å². The maximum atomic E-state index is 6.10. The molecule has 1 aromatic carbocycles. The summed E-state index contributed by atoms with van der Waals surface area (Å²) in [7, 11) is 2.13. The van der Waals surface area contributed by atoms with E-state index in [1.807, 2.05) is 25.1 Å². The van der Waals surface area contributed by atoms with Gasteiger partial charge in [-0.3, -0.25) is 0 Å². The zero-order valence-corrected chi connectivity index (χ0v) is 12.3. The second kappa shape index (κ2) is 5.87. The lowest BCUT2D eigenvalue weighted by molar-refractivity contribution is 0.217. The van der Waals surface area contributed by atoms with E-state index in [1.165, 1.54) is 0 Å². The number of rotatable bonds is 1. The molecule has 1 heterocycles. The van der Waals surface area contributed by atoms with Crippen LogP contribution >= 0.6 is 23.8 Å². The topological polar surface area (TPSA) is 18.5 Å². The van der Waals surface area contributed by atoms with Crippen molar-refractivity contribution >= 4 is 34.6 Å². The van der Waals surface area contributed by atoms with Crippen LogP contribution in [0.2, 0.25) is 5.02 Å². The lowest BCUT2D eigenvalue weighted by atomic mass is 10.2. The highest BCUT2D eigenvalue weighted by atomic mass is 35.5. The van der Waals surface area contributed by atoms with Crippen LogP contribution < -0.4 is 5.32 Å². The predicted molar refractivity (Wildman–Crippen MR) is 81.5 cm³/mol. The highest BCUT2D eigenvalue weighted by molar-refractivity contribution is 7.80. The maximum absolute atomic E-state index is 6.10. The van der Waals surface area contributed by atoms with Crippen LogP contribution in [0.5, 0.6) is 0 Å². The summed E-state index contributed by atoms with van der Waals surface area (Å²) in [6.45, 7) is 6.04. The Morgan fingerprint density at radius 2 is 1.94 bits per heavy atom. The molecule has 18 heavy (non-hydrogen) atoms. The second-order valence-corrected chi connectivity index (χ2v) is 5.48. The van der Waals surface area contributed by atoms with Gasteiger partial charge in [0, 0.05) is 36.9 Å². The van der Waals surface area contributed by atoms with Crippen LogP contribution in [0.25, 0.3) is 0 Å². The quantitative estimate of drug-likeness (QED) is 0.798. The zero-order chi connectivity index (χ0) is 13.1. The van der Waals surface area contributed by atoms with Gasteiger partial charge in [-0.05, 0) is 43.9 Å². The molecule has 0 atom stereocenters. The average Bonchev–Trinajstić information content (AvgIpc) is 2.34. The van der Waals surface area contributed by atoms with Gasteiger partial charge in [-0.1, -0.05) is 17.7 Å². The third-order valence-electron chi connectivity index (χ3n) is 3.21. The third-order valence-corrected chi connectivity index (χ3v) is 3.98. The number of likely N-dealkylation sites (N-methyl/N-ethyl adjacent to an activating group) is 1. The van der Waals surface area contributed by atoms with Gasteiger partial charge in [0.1, 0.15) is 0 Å². The molecular weight excluding hydrogens is 266 g/mol. The summed E-state index contributed by atoms with van der Waals surface area (Å²) in [6.07, 6.45) is 0. The summed E-state index contributed by atoms with van der Waals surface area (Å²) in [5, 5.41) is 4.79. The summed E-state index contributed by atoms with van der Waals surface area (Å²) < 4.78 is 0. The second-order valence-electron chi connectivity index (χ2n) is 4.68. The molecule has 1 fully saturated rings. The molecule has 0 amide bonds. The van der Waals surface area contributed by atoms with Crippen molar-refractivity contribution in [2.24, 2.45) is 0 Å². The van der Waals surface area contributed by atoms with Gasteiger partial charge in [0.05, 0.1) is 0 Å². The van der Waals surface area contributed by atoms with Gasteiger partial charge < -0.3 is 15.1 Å². The van der Waals surface area contributed by atoms with Crippen molar-refractivity contribution in [1.82, 2.24) is 9.80 Å². The Labute approximate surface area is 119 Å². The molecule has 1 aliphatic heterocycles. The Bertz CT molecular complexity index is 442. The molecule has 0 aliphatic carbocycles. The number of halogens is 1. The fourth-order valence-corrected chi connectivity index (χ4v) is 2.36. The van der Waals surface area contributed by atoms with Gasteiger partial charge >= 0.3 is 0 Å². The number of anilines is 1. The molecule has 0 bridgehead atoms. The number of hydrogen-bond acceptors (Lipinski definition) is 2. The van der Waals surface area contributed by atoms with E-state index in [0.717, 1.165) is 47.6 Å². The summed E-state index contributed by atoms with van der Waals surface area (Å²) in [6, 6.07) is 5.92. The lowest BCUT2D eigenvalue weighted by Crippen LogP contribution is -2.48. The molecule has 1 aliphatic rings. The first-order chi connectivity index (χ1) is 8.56. The van der Waals surface area contributed by atoms with Gasteiger partial charge in [0.2, 0.25) is 0 Å². The van der Waals surface area contributed by atoms with Gasteiger partial charge in [0.25, 0.3) is 0 Å². The fourth-order valence-electron chi connectivity index (χ4n) is 1.88. The largest absolute Gasteiger partial charge is 0.346 e. The Hall–Kier alpha value is -0.840. The molecule has 0 spiro atoms. The van der Waals surface area contributed by atoms with Crippen LogP contribution in [-0.2, 0) is 0 Å². The van der Waals surface area contributed by atoms with Crippen LogP contribution in [-0.4, -0.2) is 48.1 Å². The van der Waals surface area contributed by atoms with Crippen molar-refractivity contribution in [2.75, 3.05) is 38.5 Å². The van der Waals surface area contributed by atoms with Crippen molar-refractivity contribution in [3.05, 3.63) is 28.8 Å². The summed E-state index contributed by atoms with van der Waals surface area (Å²) in [5.74, 6) is 0.